The molecule has 1 aromatic carbocycles. The van der Waals surface area contributed by atoms with Crippen molar-refractivity contribution >= 4 is 23.1 Å². The highest BCUT2D eigenvalue weighted by Crippen LogP contribution is 2.28. The summed E-state index contributed by atoms with van der Waals surface area (Å²) in [7, 11) is 3.12. The number of pyridine rings is 1. The van der Waals surface area contributed by atoms with Crippen molar-refractivity contribution in [2.75, 3.05) is 20.0 Å². The van der Waals surface area contributed by atoms with Crippen LogP contribution in [-0.4, -0.2) is 35.1 Å². The zero-order chi connectivity index (χ0) is 16.2. The quantitative estimate of drug-likeness (QED) is 0.513. The summed E-state index contributed by atoms with van der Waals surface area (Å²) >= 11 is 1.41. The van der Waals surface area contributed by atoms with Crippen LogP contribution in [0.15, 0.2) is 53.9 Å². The molecule has 3 aromatic rings. The van der Waals surface area contributed by atoms with E-state index in [1.807, 2.05) is 28.8 Å². The lowest BCUT2D eigenvalue weighted by atomic mass is 10.1. The van der Waals surface area contributed by atoms with Gasteiger partial charge in [-0.05, 0) is 30.3 Å². The Morgan fingerprint density at radius 1 is 1.17 bits per heavy atom. The predicted molar refractivity (Wildman–Crippen MR) is 89.8 cm³/mol. The average molecular weight is 328 g/mol. The first-order chi connectivity index (χ1) is 11.2. The van der Waals surface area contributed by atoms with Crippen LogP contribution in [0.2, 0.25) is 0 Å². The highest BCUT2D eigenvalue weighted by atomic mass is 32.2. The van der Waals surface area contributed by atoms with Crippen LogP contribution < -0.4 is 9.47 Å². The highest BCUT2D eigenvalue weighted by Gasteiger charge is 2.13. The topological polar surface area (TPSA) is 52.8 Å². The Kier molecular flexibility index (Phi) is 4.52. The summed E-state index contributed by atoms with van der Waals surface area (Å²) in [5.74, 6) is 1.48. The number of hydrogen-bond acceptors (Lipinski definition) is 5. The summed E-state index contributed by atoms with van der Waals surface area (Å²) in [6, 6.07) is 11.1. The van der Waals surface area contributed by atoms with Crippen molar-refractivity contribution in [1.82, 2.24) is 9.38 Å². The van der Waals surface area contributed by atoms with Gasteiger partial charge in [0.1, 0.15) is 0 Å². The second kappa shape index (κ2) is 6.75. The Balaban J connectivity index is 1.74. The van der Waals surface area contributed by atoms with E-state index in [0.29, 0.717) is 22.8 Å². The Morgan fingerprint density at radius 3 is 2.78 bits per heavy atom. The summed E-state index contributed by atoms with van der Waals surface area (Å²) in [6.07, 6.45) is 3.73. The molecule has 6 heteroatoms. The maximum Gasteiger partial charge on any atom is 0.173 e. The van der Waals surface area contributed by atoms with E-state index in [1.165, 1.54) is 11.8 Å². The predicted octanol–water partition coefficient (Wildman–Crippen LogP) is 3.33. The molecule has 0 aliphatic heterocycles. The lowest BCUT2D eigenvalue weighted by Crippen LogP contribution is -2.04. The van der Waals surface area contributed by atoms with Crippen LogP contribution in [0.1, 0.15) is 10.4 Å². The lowest BCUT2D eigenvalue weighted by Gasteiger charge is -2.08. The van der Waals surface area contributed by atoms with E-state index in [1.54, 1.807) is 38.6 Å². The number of ether oxygens (including phenoxy) is 2. The minimum atomic E-state index is 0.0173. The van der Waals surface area contributed by atoms with Crippen LogP contribution in [0.5, 0.6) is 11.5 Å². The third-order valence-electron chi connectivity index (χ3n) is 3.44. The number of thioether (sulfide) groups is 1. The van der Waals surface area contributed by atoms with E-state index >= 15 is 0 Å². The van der Waals surface area contributed by atoms with Gasteiger partial charge in [-0.3, -0.25) is 9.20 Å². The van der Waals surface area contributed by atoms with Gasteiger partial charge in [0.2, 0.25) is 0 Å². The molecule has 0 saturated heterocycles. The van der Waals surface area contributed by atoms with Crippen molar-refractivity contribution in [3.05, 3.63) is 54.4 Å². The summed E-state index contributed by atoms with van der Waals surface area (Å²) in [5.41, 5.74) is 1.60. The molecule has 0 radical (unpaired) electrons. The van der Waals surface area contributed by atoms with Gasteiger partial charge >= 0.3 is 0 Å². The van der Waals surface area contributed by atoms with Crippen molar-refractivity contribution in [3.63, 3.8) is 0 Å². The van der Waals surface area contributed by atoms with Crippen LogP contribution in [0.4, 0.5) is 0 Å². The molecule has 2 heterocycles. The van der Waals surface area contributed by atoms with Gasteiger partial charge < -0.3 is 9.47 Å². The van der Waals surface area contributed by atoms with Gasteiger partial charge in [0, 0.05) is 11.8 Å². The van der Waals surface area contributed by atoms with Gasteiger partial charge in [-0.1, -0.05) is 17.8 Å². The molecule has 0 fully saturated rings. The Labute approximate surface area is 138 Å². The third kappa shape index (κ3) is 3.17. The van der Waals surface area contributed by atoms with Gasteiger partial charge in [0.25, 0.3) is 0 Å². The largest absolute Gasteiger partial charge is 0.493 e. The van der Waals surface area contributed by atoms with Crippen molar-refractivity contribution < 1.29 is 14.3 Å². The average Bonchev–Trinajstić information content (AvgIpc) is 3.02. The van der Waals surface area contributed by atoms with E-state index in [-0.39, 0.29) is 5.78 Å². The van der Waals surface area contributed by atoms with Crippen LogP contribution in [0.25, 0.3) is 5.52 Å². The molecule has 0 unspecified atom stereocenters. The fourth-order valence-corrected chi connectivity index (χ4v) is 3.11. The van der Waals surface area contributed by atoms with Gasteiger partial charge in [0.05, 0.1) is 31.7 Å². The molecular weight excluding hydrogens is 312 g/mol. The number of nitrogens with zero attached hydrogens (tertiary/aromatic N) is 2. The summed E-state index contributed by atoms with van der Waals surface area (Å²) < 4.78 is 12.4. The molecule has 0 amide bonds. The first kappa shape index (κ1) is 15.4. The molecule has 0 spiro atoms. The molecule has 0 saturated carbocycles. The van der Waals surface area contributed by atoms with E-state index in [0.717, 1.165) is 10.7 Å². The molecule has 5 nitrogen and oxygen atoms in total. The summed E-state index contributed by atoms with van der Waals surface area (Å²) in [6.45, 7) is 0. The van der Waals surface area contributed by atoms with Gasteiger partial charge in [-0.15, -0.1) is 0 Å². The maximum absolute atomic E-state index is 12.4. The van der Waals surface area contributed by atoms with Crippen molar-refractivity contribution in [1.29, 1.82) is 0 Å². The smallest absolute Gasteiger partial charge is 0.173 e. The van der Waals surface area contributed by atoms with E-state index in [9.17, 15) is 4.79 Å². The van der Waals surface area contributed by atoms with Crippen LogP contribution >= 0.6 is 11.8 Å². The molecule has 0 bridgehead atoms. The number of hydrogen-bond donors (Lipinski definition) is 0. The number of carbonyl (C=O) groups excluding carboxylic acids is 1. The Bertz CT molecular complexity index is 845. The fourth-order valence-electron chi connectivity index (χ4n) is 2.25. The molecule has 0 aliphatic rings. The Morgan fingerprint density at radius 2 is 2.00 bits per heavy atom. The van der Waals surface area contributed by atoms with Gasteiger partial charge in [0.15, 0.2) is 22.4 Å². The van der Waals surface area contributed by atoms with Crippen LogP contribution in [0.3, 0.4) is 0 Å². The molecule has 0 aliphatic carbocycles. The zero-order valence-electron chi connectivity index (χ0n) is 12.9. The van der Waals surface area contributed by atoms with Crippen LogP contribution in [-0.2, 0) is 0 Å². The first-order valence-electron chi connectivity index (χ1n) is 7.03. The molecule has 2 aromatic heterocycles. The zero-order valence-corrected chi connectivity index (χ0v) is 13.7. The molecule has 0 atom stereocenters. The first-order valence-corrected chi connectivity index (χ1v) is 8.01. The minimum Gasteiger partial charge on any atom is -0.493 e. The standard InChI is InChI=1S/C17H16N2O3S/c1-21-15-7-6-12(9-16(15)22-2)14(20)11-23-17-18-10-13-5-3-4-8-19(13)17/h3-10H,11H2,1-2H3. The SMILES string of the molecule is COc1ccc(C(=O)CSc2ncc3ccccn23)cc1OC. The molecule has 118 valence electrons. The lowest BCUT2D eigenvalue weighted by molar-refractivity contribution is 0.102. The Hall–Kier alpha value is -2.47. The summed E-state index contributed by atoms with van der Waals surface area (Å²) in [4.78, 5) is 16.7. The van der Waals surface area contributed by atoms with Crippen molar-refractivity contribution in [3.8, 4) is 11.5 Å². The maximum atomic E-state index is 12.4. The third-order valence-corrected chi connectivity index (χ3v) is 4.41. The van der Waals surface area contributed by atoms with E-state index < -0.39 is 0 Å². The van der Waals surface area contributed by atoms with Gasteiger partial charge in [-0.2, -0.15) is 0 Å². The van der Waals surface area contributed by atoms with Crippen molar-refractivity contribution in [2.45, 2.75) is 5.16 Å². The van der Waals surface area contributed by atoms with E-state index in [4.69, 9.17) is 9.47 Å². The molecular formula is C17H16N2O3S. The molecule has 3 rings (SSSR count). The summed E-state index contributed by atoms with van der Waals surface area (Å²) in [5, 5.41) is 0.800. The number of imidazole rings is 1. The number of Topliss-reactive ketones (excluding diaryl/α,β-unsaturated/α-hetero) is 1. The monoisotopic (exact) mass is 328 g/mol. The second-order valence-electron chi connectivity index (χ2n) is 4.82. The van der Waals surface area contributed by atoms with Gasteiger partial charge in [-0.25, -0.2) is 4.98 Å². The fraction of sp³-hybridized carbons (Fsp3) is 0.176. The van der Waals surface area contributed by atoms with Crippen LogP contribution in [0, 0.1) is 0 Å². The number of benzene rings is 1. The number of aromatic nitrogens is 2. The highest BCUT2D eigenvalue weighted by molar-refractivity contribution is 7.99. The number of rotatable bonds is 6. The molecule has 0 N–H and O–H groups in total. The van der Waals surface area contributed by atoms with Crippen molar-refractivity contribution in [2.24, 2.45) is 0 Å². The normalized spacial score (nSPS) is 10.7. The van der Waals surface area contributed by atoms with E-state index in [2.05, 4.69) is 4.98 Å². The number of carbonyl (C=O) groups is 1. The second-order valence-corrected chi connectivity index (χ2v) is 5.76. The number of methoxy groups -OCH3 is 2. The number of ketones is 1. The minimum absolute atomic E-state index is 0.0173. The number of fused-ring (bicyclic) bond motifs is 1. The molecule has 23 heavy (non-hydrogen) atoms.